The number of nitro groups is 1. The first kappa shape index (κ1) is 14.0. The molecule has 5 nitrogen and oxygen atoms in total. The number of halogens is 1. The number of aliphatic hydroxyl groups is 1. The van der Waals surface area contributed by atoms with Crippen LogP contribution in [-0.2, 0) is 0 Å². The van der Waals surface area contributed by atoms with Gasteiger partial charge in [-0.2, -0.15) is 0 Å². The summed E-state index contributed by atoms with van der Waals surface area (Å²) in [6.45, 7) is 1.46. The van der Waals surface area contributed by atoms with Crippen LogP contribution in [0, 0.1) is 15.9 Å². The molecule has 1 atom stereocenters. The maximum atomic E-state index is 13.8. The van der Waals surface area contributed by atoms with Crippen LogP contribution in [0.4, 0.5) is 10.1 Å². The van der Waals surface area contributed by atoms with E-state index in [1.165, 1.54) is 37.3 Å². The molecule has 104 valence electrons. The molecule has 0 bridgehead atoms. The van der Waals surface area contributed by atoms with E-state index in [4.69, 9.17) is 4.74 Å². The van der Waals surface area contributed by atoms with Gasteiger partial charge >= 0.3 is 5.69 Å². The van der Waals surface area contributed by atoms with Crippen molar-refractivity contribution in [2.45, 2.75) is 13.0 Å². The summed E-state index contributed by atoms with van der Waals surface area (Å²) in [5.41, 5.74) is -0.0459. The summed E-state index contributed by atoms with van der Waals surface area (Å²) in [6, 6.07) is 9.76. The lowest BCUT2D eigenvalue weighted by molar-refractivity contribution is -0.385. The van der Waals surface area contributed by atoms with Crippen molar-refractivity contribution in [2.24, 2.45) is 0 Å². The maximum Gasteiger partial charge on any atom is 0.311 e. The molecule has 0 amide bonds. The molecule has 0 unspecified atom stereocenters. The van der Waals surface area contributed by atoms with Crippen LogP contribution in [0.3, 0.4) is 0 Å². The summed E-state index contributed by atoms with van der Waals surface area (Å²) in [5, 5.41) is 20.5. The van der Waals surface area contributed by atoms with Crippen LogP contribution >= 0.6 is 0 Å². The van der Waals surface area contributed by atoms with Gasteiger partial charge in [-0.05, 0) is 19.1 Å². The van der Waals surface area contributed by atoms with Crippen LogP contribution in [0.5, 0.6) is 11.5 Å². The van der Waals surface area contributed by atoms with E-state index in [9.17, 15) is 19.6 Å². The lowest BCUT2D eigenvalue weighted by Gasteiger charge is -2.13. The van der Waals surface area contributed by atoms with Crippen LogP contribution in [0.15, 0.2) is 42.5 Å². The van der Waals surface area contributed by atoms with Gasteiger partial charge in [0.2, 0.25) is 5.75 Å². The van der Waals surface area contributed by atoms with Gasteiger partial charge in [-0.3, -0.25) is 10.1 Å². The van der Waals surface area contributed by atoms with E-state index < -0.39 is 16.8 Å². The Bertz CT molecular complexity index is 643. The molecular formula is C14H12FNO4. The van der Waals surface area contributed by atoms with Gasteiger partial charge in [-0.25, -0.2) is 4.39 Å². The monoisotopic (exact) mass is 277 g/mol. The molecule has 0 saturated heterocycles. The Labute approximate surface area is 114 Å². The normalized spacial score (nSPS) is 11.9. The Morgan fingerprint density at radius 1 is 1.25 bits per heavy atom. The molecule has 0 heterocycles. The molecule has 0 aliphatic carbocycles. The zero-order valence-corrected chi connectivity index (χ0v) is 10.6. The van der Waals surface area contributed by atoms with Gasteiger partial charge < -0.3 is 9.84 Å². The average molecular weight is 277 g/mol. The summed E-state index contributed by atoms with van der Waals surface area (Å²) >= 11 is 0. The molecule has 0 radical (unpaired) electrons. The summed E-state index contributed by atoms with van der Waals surface area (Å²) in [4.78, 5) is 10.3. The summed E-state index contributed by atoms with van der Waals surface area (Å²) in [7, 11) is 0. The largest absolute Gasteiger partial charge is 0.447 e. The van der Waals surface area contributed by atoms with Crippen LogP contribution in [0.25, 0.3) is 0 Å². The molecule has 1 N–H and O–H groups in total. The first-order valence-corrected chi connectivity index (χ1v) is 5.88. The molecule has 0 saturated carbocycles. The summed E-state index contributed by atoms with van der Waals surface area (Å²) < 4.78 is 19.1. The maximum absolute atomic E-state index is 13.8. The third-order valence-electron chi connectivity index (χ3n) is 2.72. The Hall–Kier alpha value is -2.47. The van der Waals surface area contributed by atoms with Crippen molar-refractivity contribution in [2.75, 3.05) is 0 Å². The summed E-state index contributed by atoms with van der Waals surface area (Å²) in [5.74, 6) is -0.983. The third kappa shape index (κ3) is 2.75. The van der Waals surface area contributed by atoms with Crippen LogP contribution in [0.1, 0.15) is 18.6 Å². The van der Waals surface area contributed by atoms with Crippen molar-refractivity contribution < 1.29 is 19.2 Å². The van der Waals surface area contributed by atoms with Crippen LogP contribution < -0.4 is 4.74 Å². The first-order valence-electron chi connectivity index (χ1n) is 5.88. The number of nitro benzene ring substituents is 1. The van der Waals surface area contributed by atoms with Gasteiger partial charge in [-0.1, -0.05) is 24.3 Å². The number of aliphatic hydroxyl groups excluding tert-OH is 1. The molecule has 2 rings (SSSR count). The minimum Gasteiger partial charge on any atom is -0.447 e. The zero-order chi connectivity index (χ0) is 14.7. The Kier molecular flexibility index (Phi) is 3.95. The van der Waals surface area contributed by atoms with E-state index in [1.807, 2.05) is 0 Å². The smallest absolute Gasteiger partial charge is 0.311 e. The Morgan fingerprint density at radius 2 is 1.95 bits per heavy atom. The van der Waals surface area contributed by atoms with Crippen molar-refractivity contribution in [1.82, 2.24) is 0 Å². The predicted molar refractivity (Wildman–Crippen MR) is 70.2 cm³/mol. The Morgan fingerprint density at radius 3 is 2.60 bits per heavy atom. The standard InChI is InChI=1S/C14H12FNO4/c1-9(17)10-5-4-6-11(15)14(10)20-13-8-3-2-7-12(13)16(18)19/h2-9,17H,1H3/t9-/m1/s1. The van der Waals surface area contributed by atoms with Crippen molar-refractivity contribution in [3.8, 4) is 11.5 Å². The highest BCUT2D eigenvalue weighted by atomic mass is 19.1. The number of para-hydroxylation sites is 3. The lowest BCUT2D eigenvalue weighted by atomic mass is 10.1. The molecule has 2 aromatic carbocycles. The second-order valence-corrected chi connectivity index (χ2v) is 4.16. The fraction of sp³-hybridized carbons (Fsp3) is 0.143. The van der Waals surface area contributed by atoms with E-state index in [0.717, 1.165) is 6.07 Å². The van der Waals surface area contributed by atoms with E-state index in [2.05, 4.69) is 0 Å². The van der Waals surface area contributed by atoms with Crippen molar-refractivity contribution in [3.63, 3.8) is 0 Å². The van der Waals surface area contributed by atoms with Gasteiger partial charge in [-0.15, -0.1) is 0 Å². The predicted octanol–water partition coefficient (Wildman–Crippen LogP) is 3.58. The molecule has 0 fully saturated rings. The molecular weight excluding hydrogens is 265 g/mol. The SMILES string of the molecule is C[C@@H](O)c1cccc(F)c1Oc1ccccc1[N+](=O)[O-]. The molecule has 0 aliphatic heterocycles. The highest BCUT2D eigenvalue weighted by Gasteiger charge is 2.19. The van der Waals surface area contributed by atoms with Crippen molar-refractivity contribution >= 4 is 5.69 Å². The third-order valence-corrected chi connectivity index (χ3v) is 2.72. The van der Waals surface area contributed by atoms with E-state index >= 15 is 0 Å². The summed E-state index contributed by atoms with van der Waals surface area (Å²) in [6.07, 6.45) is -0.955. The lowest BCUT2D eigenvalue weighted by Crippen LogP contribution is -2.00. The first-order chi connectivity index (χ1) is 9.50. The van der Waals surface area contributed by atoms with Crippen LogP contribution in [0.2, 0.25) is 0 Å². The van der Waals surface area contributed by atoms with Gasteiger partial charge in [0, 0.05) is 11.6 Å². The zero-order valence-electron chi connectivity index (χ0n) is 10.6. The number of ether oxygens (including phenoxy) is 1. The second-order valence-electron chi connectivity index (χ2n) is 4.16. The number of hydrogen-bond acceptors (Lipinski definition) is 4. The topological polar surface area (TPSA) is 72.6 Å². The second kappa shape index (κ2) is 5.66. The molecule has 0 spiro atoms. The molecule has 0 aromatic heterocycles. The van der Waals surface area contributed by atoms with Gasteiger partial charge in [0.25, 0.3) is 0 Å². The van der Waals surface area contributed by atoms with Gasteiger partial charge in [0.15, 0.2) is 11.6 Å². The molecule has 2 aromatic rings. The highest BCUT2D eigenvalue weighted by molar-refractivity contribution is 5.49. The molecule has 20 heavy (non-hydrogen) atoms. The molecule has 6 heteroatoms. The van der Waals surface area contributed by atoms with Crippen molar-refractivity contribution in [3.05, 3.63) is 64.0 Å². The fourth-order valence-electron chi connectivity index (χ4n) is 1.77. The average Bonchev–Trinajstić information content (AvgIpc) is 2.41. The van der Waals surface area contributed by atoms with E-state index in [0.29, 0.717) is 0 Å². The number of hydrogen-bond donors (Lipinski definition) is 1. The highest BCUT2D eigenvalue weighted by Crippen LogP contribution is 2.36. The van der Waals surface area contributed by atoms with E-state index in [-0.39, 0.29) is 22.7 Å². The van der Waals surface area contributed by atoms with Crippen LogP contribution in [-0.4, -0.2) is 10.0 Å². The molecule has 0 aliphatic rings. The van der Waals surface area contributed by atoms with E-state index in [1.54, 1.807) is 6.07 Å². The minimum atomic E-state index is -0.955. The van der Waals surface area contributed by atoms with Gasteiger partial charge in [0.1, 0.15) is 0 Å². The Balaban J connectivity index is 2.48. The number of nitrogens with zero attached hydrogens (tertiary/aromatic N) is 1. The minimum absolute atomic E-state index is 0.0792. The van der Waals surface area contributed by atoms with Crippen molar-refractivity contribution in [1.29, 1.82) is 0 Å². The fourth-order valence-corrected chi connectivity index (χ4v) is 1.77. The number of benzene rings is 2. The van der Waals surface area contributed by atoms with Gasteiger partial charge in [0.05, 0.1) is 11.0 Å². The number of rotatable bonds is 4. The quantitative estimate of drug-likeness (QED) is 0.684.